The maximum atomic E-state index is 11.5. The summed E-state index contributed by atoms with van der Waals surface area (Å²) in [5.74, 6) is -1.08. The molecule has 0 amide bonds. The number of aliphatic hydroxyl groups excluding tert-OH is 1. The molecule has 16 heavy (non-hydrogen) atoms. The van der Waals surface area contributed by atoms with Gasteiger partial charge in [-0.15, -0.1) is 5.10 Å². The van der Waals surface area contributed by atoms with Crippen LogP contribution in [0.25, 0.3) is 5.78 Å². The monoisotopic (exact) mass is 224 g/mol. The number of carboxylic acid groups (broad SMARTS) is 1. The molecule has 8 heteroatoms. The largest absolute Gasteiger partial charge is 0.477 e. The second-order valence-corrected chi connectivity index (χ2v) is 3.13. The Morgan fingerprint density at radius 1 is 1.56 bits per heavy atom. The van der Waals surface area contributed by atoms with Gasteiger partial charge in [0.15, 0.2) is 5.82 Å². The van der Waals surface area contributed by atoms with Crippen molar-refractivity contribution in [3.8, 4) is 0 Å². The van der Waals surface area contributed by atoms with Crippen LogP contribution in [0.2, 0.25) is 0 Å². The maximum Gasteiger partial charge on any atom is 0.352 e. The van der Waals surface area contributed by atoms with E-state index in [0.717, 1.165) is 10.6 Å². The van der Waals surface area contributed by atoms with Gasteiger partial charge in [0.25, 0.3) is 5.56 Å². The Kier molecular flexibility index (Phi) is 2.20. The second-order valence-electron chi connectivity index (χ2n) is 3.13. The van der Waals surface area contributed by atoms with Crippen LogP contribution in [-0.2, 0) is 13.7 Å². The highest BCUT2D eigenvalue weighted by Gasteiger charge is 2.14. The van der Waals surface area contributed by atoms with E-state index in [-0.39, 0.29) is 17.3 Å². The number of carboxylic acids is 1. The van der Waals surface area contributed by atoms with Gasteiger partial charge in [0.1, 0.15) is 12.3 Å². The van der Waals surface area contributed by atoms with Crippen LogP contribution < -0.4 is 5.56 Å². The summed E-state index contributed by atoms with van der Waals surface area (Å²) in [6.07, 6.45) is 0. The van der Waals surface area contributed by atoms with Crippen LogP contribution in [0.4, 0.5) is 0 Å². The molecule has 0 aromatic carbocycles. The Hall–Kier alpha value is -2.22. The van der Waals surface area contributed by atoms with Gasteiger partial charge < -0.3 is 14.8 Å². The molecule has 2 heterocycles. The molecule has 0 spiro atoms. The summed E-state index contributed by atoms with van der Waals surface area (Å²) in [7, 11) is 1.45. The maximum absolute atomic E-state index is 11.5. The fourth-order valence-electron chi connectivity index (χ4n) is 1.37. The highest BCUT2D eigenvalue weighted by Crippen LogP contribution is 2.02. The first-order valence-electron chi connectivity index (χ1n) is 4.34. The molecule has 2 N–H and O–H groups in total. The van der Waals surface area contributed by atoms with E-state index in [4.69, 9.17) is 10.2 Å². The molecular formula is C8H8N4O4. The molecule has 0 unspecified atom stereocenters. The summed E-state index contributed by atoms with van der Waals surface area (Å²) in [5, 5.41) is 21.4. The number of aromatic nitrogens is 4. The lowest BCUT2D eigenvalue weighted by Gasteiger charge is -2.03. The van der Waals surface area contributed by atoms with Crippen molar-refractivity contribution < 1.29 is 15.0 Å². The first-order valence-corrected chi connectivity index (χ1v) is 4.34. The summed E-state index contributed by atoms with van der Waals surface area (Å²) < 4.78 is 2.16. The molecule has 0 bridgehead atoms. The molecule has 2 aromatic rings. The number of rotatable bonds is 2. The SMILES string of the molecule is Cn1c(C(=O)O)cc(=O)n2nc(CO)nc12. The molecule has 0 saturated heterocycles. The molecule has 2 rings (SSSR count). The second kappa shape index (κ2) is 3.42. The van der Waals surface area contributed by atoms with Crippen molar-refractivity contribution in [2.45, 2.75) is 6.61 Å². The highest BCUT2D eigenvalue weighted by atomic mass is 16.4. The molecule has 0 aliphatic carbocycles. The Balaban J connectivity index is 2.88. The van der Waals surface area contributed by atoms with Crippen molar-refractivity contribution in [2.75, 3.05) is 0 Å². The Bertz CT molecular complexity index is 627. The first kappa shape index (κ1) is 10.3. The Morgan fingerprint density at radius 2 is 2.25 bits per heavy atom. The summed E-state index contributed by atoms with van der Waals surface area (Å²) >= 11 is 0. The minimum atomic E-state index is -1.23. The molecule has 0 atom stereocenters. The van der Waals surface area contributed by atoms with Gasteiger partial charge in [0.2, 0.25) is 5.78 Å². The third-order valence-corrected chi connectivity index (χ3v) is 2.12. The van der Waals surface area contributed by atoms with Crippen LogP contribution in [0, 0.1) is 0 Å². The standard InChI is InChI=1S/C8H8N4O4/c1-11-4(7(15)16)2-6(14)12-8(11)9-5(3-13)10-12/h2,13H,3H2,1H3,(H,15,16). The van der Waals surface area contributed by atoms with Crippen LogP contribution in [0.3, 0.4) is 0 Å². The van der Waals surface area contributed by atoms with Crippen LogP contribution in [0.15, 0.2) is 10.9 Å². The van der Waals surface area contributed by atoms with E-state index in [1.54, 1.807) is 0 Å². The fraction of sp³-hybridized carbons (Fsp3) is 0.250. The number of hydrogen-bond donors (Lipinski definition) is 2. The van der Waals surface area contributed by atoms with Gasteiger partial charge >= 0.3 is 5.97 Å². The average Bonchev–Trinajstić information content (AvgIpc) is 2.67. The summed E-state index contributed by atoms with van der Waals surface area (Å²) in [6.45, 7) is -0.413. The number of fused-ring (bicyclic) bond motifs is 1. The van der Waals surface area contributed by atoms with Crippen molar-refractivity contribution in [1.82, 2.24) is 19.2 Å². The summed E-state index contributed by atoms with van der Waals surface area (Å²) in [6, 6.07) is 0.950. The lowest BCUT2D eigenvalue weighted by atomic mass is 10.4. The van der Waals surface area contributed by atoms with Gasteiger partial charge in [0, 0.05) is 13.1 Å². The number of aromatic carboxylic acids is 1. The summed E-state index contributed by atoms with van der Waals surface area (Å²) in [4.78, 5) is 26.2. The van der Waals surface area contributed by atoms with Gasteiger partial charge in [0.05, 0.1) is 0 Å². The third kappa shape index (κ3) is 1.36. The van der Waals surface area contributed by atoms with Crippen LogP contribution in [0.1, 0.15) is 16.3 Å². The van der Waals surface area contributed by atoms with Gasteiger partial charge in [-0.25, -0.2) is 4.79 Å². The molecule has 2 aromatic heterocycles. The molecule has 0 aliphatic heterocycles. The van der Waals surface area contributed by atoms with E-state index in [9.17, 15) is 9.59 Å². The molecular weight excluding hydrogens is 216 g/mol. The number of nitrogens with zero attached hydrogens (tertiary/aromatic N) is 4. The zero-order chi connectivity index (χ0) is 11.9. The molecule has 0 saturated carbocycles. The van der Waals surface area contributed by atoms with Crippen LogP contribution >= 0.6 is 0 Å². The van der Waals surface area contributed by atoms with Crippen LogP contribution in [0.5, 0.6) is 0 Å². The topological polar surface area (TPSA) is 110 Å². The van der Waals surface area contributed by atoms with Gasteiger partial charge in [-0.3, -0.25) is 4.79 Å². The van der Waals surface area contributed by atoms with Crippen molar-refractivity contribution >= 4 is 11.7 Å². The Labute approximate surface area is 88.4 Å². The molecule has 84 valence electrons. The quantitative estimate of drug-likeness (QED) is 0.650. The van der Waals surface area contributed by atoms with E-state index in [1.165, 1.54) is 11.6 Å². The van der Waals surface area contributed by atoms with Crippen molar-refractivity contribution in [3.05, 3.63) is 27.9 Å². The number of aryl methyl sites for hydroxylation is 1. The predicted molar refractivity (Wildman–Crippen MR) is 51.1 cm³/mol. The first-order chi connectivity index (χ1) is 7.54. The smallest absolute Gasteiger partial charge is 0.352 e. The van der Waals surface area contributed by atoms with Crippen LogP contribution in [-0.4, -0.2) is 35.3 Å². The lowest BCUT2D eigenvalue weighted by Crippen LogP contribution is -2.22. The minimum absolute atomic E-state index is 0.0650. The fourth-order valence-corrected chi connectivity index (χ4v) is 1.37. The van der Waals surface area contributed by atoms with Crippen molar-refractivity contribution in [3.63, 3.8) is 0 Å². The summed E-state index contributed by atoms with van der Waals surface area (Å²) in [5.41, 5.74) is -0.785. The number of aliphatic hydroxyl groups is 1. The van der Waals surface area contributed by atoms with E-state index < -0.39 is 18.1 Å². The predicted octanol–water partition coefficient (Wildman–Crippen LogP) is -1.38. The number of hydrogen-bond acceptors (Lipinski definition) is 5. The normalized spacial score (nSPS) is 10.9. The molecule has 8 nitrogen and oxygen atoms in total. The van der Waals surface area contributed by atoms with Crippen molar-refractivity contribution in [1.29, 1.82) is 0 Å². The average molecular weight is 224 g/mol. The zero-order valence-corrected chi connectivity index (χ0v) is 8.28. The van der Waals surface area contributed by atoms with E-state index >= 15 is 0 Å². The Morgan fingerprint density at radius 3 is 2.81 bits per heavy atom. The van der Waals surface area contributed by atoms with Crippen molar-refractivity contribution in [2.24, 2.45) is 7.05 Å². The molecule has 0 fully saturated rings. The van der Waals surface area contributed by atoms with E-state index in [1.807, 2.05) is 0 Å². The lowest BCUT2D eigenvalue weighted by molar-refractivity contribution is 0.0685. The van der Waals surface area contributed by atoms with Gasteiger partial charge in [-0.05, 0) is 0 Å². The minimum Gasteiger partial charge on any atom is -0.477 e. The van der Waals surface area contributed by atoms with Gasteiger partial charge in [-0.1, -0.05) is 0 Å². The number of carbonyl (C=O) groups is 1. The highest BCUT2D eigenvalue weighted by molar-refractivity contribution is 5.86. The van der Waals surface area contributed by atoms with E-state index in [0.29, 0.717) is 0 Å². The third-order valence-electron chi connectivity index (χ3n) is 2.12. The molecule has 0 aliphatic rings. The zero-order valence-electron chi connectivity index (χ0n) is 8.28. The van der Waals surface area contributed by atoms with E-state index in [2.05, 4.69) is 10.1 Å². The van der Waals surface area contributed by atoms with Gasteiger partial charge in [-0.2, -0.15) is 9.50 Å². The molecule has 0 radical (unpaired) electrons.